The third-order valence-electron chi connectivity index (χ3n) is 1.68. The molecular formula is C9H10BrF2NO2. The summed E-state index contributed by atoms with van der Waals surface area (Å²) in [6.07, 6.45) is -0.829. The number of aliphatic hydroxyl groups is 1. The van der Waals surface area contributed by atoms with E-state index in [1.807, 2.05) is 0 Å². The summed E-state index contributed by atoms with van der Waals surface area (Å²) in [5, 5.41) is 9.10. The zero-order chi connectivity index (χ0) is 11.4. The van der Waals surface area contributed by atoms with Crippen LogP contribution in [0.15, 0.2) is 16.6 Å². The van der Waals surface area contributed by atoms with E-state index in [9.17, 15) is 8.78 Å². The molecule has 0 saturated heterocycles. The lowest BCUT2D eigenvalue weighted by Gasteiger charge is -2.11. The normalized spacial score (nSPS) is 12.6. The molecule has 0 bridgehead atoms. The van der Waals surface area contributed by atoms with Crippen molar-refractivity contribution in [2.45, 2.75) is 6.10 Å². The van der Waals surface area contributed by atoms with Gasteiger partial charge >= 0.3 is 0 Å². The molecule has 1 rings (SSSR count). The highest BCUT2D eigenvalue weighted by molar-refractivity contribution is 9.10. The van der Waals surface area contributed by atoms with Crippen LogP contribution in [-0.2, 0) is 0 Å². The number of nitrogens with two attached hydrogens (primary N) is 1. The number of hydrogen-bond donors (Lipinski definition) is 2. The topological polar surface area (TPSA) is 55.5 Å². The van der Waals surface area contributed by atoms with Gasteiger partial charge in [0.05, 0.1) is 4.47 Å². The second-order valence-electron chi connectivity index (χ2n) is 2.90. The molecule has 0 radical (unpaired) electrons. The maximum absolute atomic E-state index is 12.8. The van der Waals surface area contributed by atoms with Crippen LogP contribution < -0.4 is 10.5 Å². The molecule has 3 nitrogen and oxygen atoms in total. The minimum absolute atomic E-state index is 0.0430. The maximum atomic E-state index is 12.8. The Morgan fingerprint density at radius 3 is 2.60 bits per heavy atom. The van der Waals surface area contributed by atoms with Crippen molar-refractivity contribution in [2.24, 2.45) is 5.73 Å². The van der Waals surface area contributed by atoms with E-state index in [2.05, 4.69) is 15.9 Å². The summed E-state index contributed by atoms with van der Waals surface area (Å²) >= 11 is 3.01. The molecule has 0 spiro atoms. The predicted octanol–water partition coefficient (Wildman–Crippen LogP) is 1.43. The Hall–Kier alpha value is -0.720. The Morgan fingerprint density at radius 2 is 2.00 bits per heavy atom. The molecule has 1 atom stereocenters. The van der Waals surface area contributed by atoms with E-state index in [-0.39, 0.29) is 23.4 Å². The fraction of sp³-hybridized carbons (Fsp3) is 0.333. The van der Waals surface area contributed by atoms with Gasteiger partial charge in [-0.15, -0.1) is 0 Å². The van der Waals surface area contributed by atoms with Crippen LogP contribution in [-0.4, -0.2) is 24.4 Å². The highest BCUT2D eigenvalue weighted by Gasteiger charge is 2.10. The van der Waals surface area contributed by atoms with Crippen LogP contribution in [0.4, 0.5) is 8.78 Å². The lowest BCUT2D eigenvalue weighted by atomic mass is 10.3. The molecule has 0 aliphatic heterocycles. The summed E-state index contributed by atoms with van der Waals surface area (Å²) in [6, 6.07) is 1.86. The summed E-state index contributed by atoms with van der Waals surface area (Å²) in [6.45, 7) is -0.0263. The summed E-state index contributed by atoms with van der Waals surface area (Å²) in [5.74, 6) is -1.84. The van der Waals surface area contributed by atoms with Gasteiger partial charge in [0.25, 0.3) is 0 Å². The van der Waals surface area contributed by atoms with Gasteiger partial charge in [0.15, 0.2) is 11.6 Å². The summed E-state index contributed by atoms with van der Waals surface area (Å²) < 4.78 is 30.8. The van der Waals surface area contributed by atoms with Crippen LogP contribution in [0.1, 0.15) is 0 Å². The molecule has 1 aromatic carbocycles. The van der Waals surface area contributed by atoms with E-state index in [4.69, 9.17) is 15.6 Å². The molecule has 0 amide bonds. The van der Waals surface area contributed by atoms with E-state index < -0.39 is 17.7 Å². The fourth-order valence-corrected chi connectivity index (χ4v) is 1.30. The summed E-state index contributed by atoms with van der Waals surface area (Å²) in [5.41, 5.74) is 5.15. The summed E-state index contributed by atoms with van der Waals surface area (Å²) in [4.78, 5) is 0. The van der Waals surface area contributed by atoms with Crippen molar-refractivity contribution in [3.05, 3.63) is 28.2 Å². The summed E-state index contributed by atoms with van der Waals surface area (Å²) in [7, 11) is 0. The number of ether oxygens (including phenoxy) is 1. The van der Waals surface area contributed by atoms with Crippen molar-refractivity contribution in [1.82, 2.24) is 0 Å². The van der Waals surface area contributed by atoms with Crippen LogP contribution in [0.3, 0.4) is 0 Å². The van der Waals surface area contributed by atoms with E-state index in [1.54, 1.807) is 0 Å². The highest BCUT2D eigenvalue weighted by atomic mass is 79.9. The van der Waals surface area contributed by atoms with Gasteiger partial charge in [0, 0.05) is 12.6 Å². The molecule has 15 heavy (non-hydrogen) atoms. The van der Waals surface area contributed by atoms with Gasteiger partial charge in [-0.3, -0.25) is 0 Å². The molecule has 0 saturated carbocycles. The van der Waals surface area contributed by atoms with Crippen molar-refractivity contribution in [2.75, 3.05) is 13.2 Å². The standard InChI is InChI=1S/C9H10BrF2NO2/c10-6-1-7(11)8(12)2-9(6)15-4-5(14)3-13/h1-2,5,14H,3-4,13H2/t5-/m1/s1. The van der Waals surface area contributed by atoms with Crippen molar-refractivity contribution in [3.63, 3.8) is 0 Å². The smallest absolute Gasteiger partial charge is 0.162 e. The Kier molecular flexibility index (Phi) is 4.44. The van der Waals surface area contributed by atoms with Crippen LogP contribution >= 0.6 is 15.9 Å². The Bertz CT molecular complexity index is 349. The Labute approximate surface area is 94.0 Å². The molecule has 3 N–H and O–H groups in total. The lowest BCUT2D eigenvalue weighted by Crippen LogP contribution is -2.26. The number of halogens is 3. The minimum Gasteiger partial charge on any atom is -0.490 e. The van der Waals surface area contributed by atoms with Crippen molar-refractivity contribution in [1.29, 1.82) is 0 Å². The van der Waals surface area contributed by atoms with Crippen LogP contribution in [0.25, 0.3) is 0 Å². The van der Waals surface area contributed by atoms with E-state index in [1.165, 1.54) is 0 Å². The third-order valence-corrected chi connectivity index (χ3v) is 2.30. The second kappa shape index (κ2) is 5.39. The Balaban J connectivity index is 2.73. The molecular weight excluding hydrogens is 272 g/mol. The maximum Gasteiger partial charge on any atom is 0.162 e. The van der Waals surface area contributed by atoms with Crippen LogP contribution in [0.5, 0.6) is 5.75 Å². The van der Waals surface area contributed by atoms with Crippen LogP contribution in [0, 0.1) is 11.6 Å². The van der Waals surface area contributed by atoms with Crippen molar-refractivity contribution < 1.29 is 18.6 Å². The lowest BCUT2D eigenvalue weighted by molar-refractivity contribution is 0.113. The monoisotopic (exact) mass is 281 g/mol. The number of rotatable bonds is 4. The first-order valence-corrected chi connectivity index (χ1v) is 4.99. The Morgan fingerprint density at radius 1 is 1.40 bits per heavy atom. The predicted molar refractivity (Wildman–Crippen MR) is 54.6 cm³/mol. The molecule has 0 unspecified atom stereocenters. The van der Waals surface area contributed by atoms with E-state index >= 15 is 0 Å². The number of hydrogen-bond acceptors (Lipinski definition) is 3. The molecule has 84 valence electrons. The first-order valence-electron chi connectivity index (χ1n) is 4.20. The van der Waals surface area contributed by atoms with E-state index in [0.29, 0.717) is 0 Å². The average molecular weight is 282 g/mol. The van der Waals surface area contributed by atoms with Gasteiger partial charge in [-0.25, -0.2) is 8.78 Å². The van der Waals surface area contributed by atoms with Gasteiger partial charge in [-0.05, 0) is 22.0 Å². The zero-order valence-corrected chi connectivity index (χ0v) is 9.30. The molecule has 0 heterocycles. The first kappa shape index (κ1) is 12.4. The SMILES string of the molecule is NC[C@@H](O)COc1cc(F)c(F)cc1Br. The molecule has 0 aromatic heterocycles. The highest BCUT2D eigenvalue weighted by Crippen LogP contribution is 2.27. The van der Waals surface area contributed by atoms with Gasteiger partial charge in [-0.1, -0.05) is 0 Å². The molecule has 0 aliphatic rings. The van der Waals surface area contributed by atoms with Gasteiger partial charge in [0.1, 0.15) is 18.5 Å². The molecule has 6 heteroatoms. The molecule has 1 aromatic rings. The minimum atomic E-state index is -1.00. The quantitative estimate of drug-likeness (QED) is 0.821. The largest absolute Gasteiger partial charge is 0.490 e. The first-order chi connectivity index (χ1) is 7.04. The van der Waals surface area contributed by atoms with Gasteiger partial charge in [-0.2, -0.15) is 0 Å². The van der Waals surface area contributed by atoms with Gasteiger partial charge in [0.2, 0.25) is 0 Å². The average Bonchev–Trinajstić information content (AvgIpc) is 2.21. The molecule has 0 fully saturated rings. The van der Waals surface area contributed by atoms with E-state index in [0.717, 1.165) is 12.1 Å². The number of benzene rings is 1. The zero-order valence-electron chi connectivity index (χ0n) is 7.71. The van der Waals surface area contributed by atoms with Crippen molar-refractivity contribution >= 4 is 15.9 Å². The second-order valence-corrected chi connectivity index (χ2v) is 3.75. The van der Waals surface area contributed by atoms with Crippen molar-refractivity contribution in [3.8, 4) is 5.75 Å². The third kappa shape index (κ3) is 3.40. The molecule has 0 aliphatic carbocycles. The van der Waals surface area contributed by atoms with Crippen LogP contribution in [0.2, 0.25) is 0 Å². The van der Waals surface area contributed by atoms with Gasteiger partial charge < -0.3 is 15.6 Å². The fourth-order valence-electron chi connectivity index (χ4n) is 0.869. The number of aliphatic hydroxyl groups excluding tert-OH is 1.